The van der Waals surface area contributed by atoms with Crippen molar-refractivity contribution in [2.24, 2.45) is 5.92 Å². The van der Waals surface area contributed by atoms with Gasteiger partial charge in [-0.1, -0.05) is 41.9 Å². The van der Waals surface area contributed by atoms with E-state index in [9.17, 15) is 0 Å². The van der Waals surface area contributed by atoms with Crippen LogP contribution in [0.4, 0.5) is 0 Å². The van der Waals surface area contributed by atoms with E-state index in [1.54, 1.807) is 0 Å². The Morgan fingerprint density at radius 2 is 2.12 bits per heavy atom. The highest BCUT2D eigenvalue weighted by Gasteiger charge is 2.28. The van der Waals surface area contributed by atoms with Crippen molar-refractivity contribution in [2.75, 3.05) is 0 Å². The average molecular weight is 336 g/mol. The summed E-state index contributed by atoms with van der Waals surface area (Å²) in [5, 5.41) is 15.1. The molecule has 5 heteroatoms. The third-order valence-corrected chi connectivity index (χ3v) is 5.13. The van der Waals surface area contributed by atoms with Gasteiger partial charge >= 0.3 is 0 Å². The Hall–Kier alpha value is -2.40. The van der Waals surface area contributed by atoms with Gasteiger partial charge in [-0.05, 0) is 31.2 Å². The first-order valence-electron chi connectivity index (χ1n) is 9.03. The van der Waals surface area contributed by atoms with Crippen LogP contribution in [0.25, 0.3) is 11.3 Å². The first kappa shape index (κ1) is 16.1. The molecule has 25 heavy (non-hydrogen) atoms. The number of aromatic nitrogens is 3. The summed E-state index contributed by atoms with van der Waals surface area (Å²) in [4.78, 5) is 0. The summed E-state index contributed by atoms with van der Waals surface area (Å²) in [5.74, 6) is 1.61. The van der Waals surface area contributed by atoms with Crippen molar-refractivity contribution in [2.45, 2.75) is 45.2 Å². The maximum absolute atomic E-state index is 5.41. The van der Waals surface area contributed by atoms with Crippen molar-refractivity contribution in [3.8, 4) is 11.3 Å². The molecule has 0 unspecified atom stereocenters. The standard InChI is InChI=1S/C20H24N4O/c1-14-10-18(25-24-14)11-16-8-5-9-19(16)21-12-17-13-22-23-20(17)15-6-3-2-4-7-15/h2-4,6-7,10,13,16,19,21H,5,8-9,11-12H2,1H3,(H,22,23)/t16-,19+/m0/s1. The summed E-state index contributed by atoms with van der Waals surface area (Å²) in [5.41, 5.74) is 4.46. The van der Waals surface area contributed by atoms with Crippen LogP contribution in [-0.4, -0.2) is 21.4 Å². The van der Waals surface area contributed by atoms with E-state index in [1.807, 2.05) is 19.2 Å². The Morgan fingerprint density at radius 3 is 2.92 bits per heavy atom. The lowest BCUT2D eigenvalue weighted by Crippen LogP contribution is -2.32. The van der Waals surface area contributed by atoms with E-state index >= 15 is 0 Å². The SMILES string of the molecule is Cc1cc(C[C@@H]2CCC[C@H]2NCc2cn[nH]c2-c2ccccc2)on1. The summed E-state index contributed by atoms with van der Waals surface area (Å²) in [7, 11) is 0. The molecule has 1 fully saturated rings. The van der Waals surface area contributed by atoms with Crippen LogP contribution in [-0.2, 0) is 13.0 Å². The first-order chi connectivity index (χ1) is 12.3. The second-order valence-electron chi connectivity index (χ2n) is 6.95. The van der Waals surface area contributed by atoms with Gasteiger partial charge in [-0.3, -0.25) is 5.10 Å². The van der Waals surface area contributed by atoms with Crippen molar-refractivity contribution in [1.82, 2.24) is 20.7 Å². The van der Waals surface area contributed by atoms with Crippen molar-refractivity contribution in [3.63, 3.8) is 0 Å². The van der Waals surface area contributed by atoms with Gasteiger partial charge in [0.1, 0.15) is 5.76 Å². The van der Waals surface area contributed by atoms with Crippen molar-refractivity contribution < 1.29 is 4.52 Å². The van der Waals surface area contributed by atoms with Gasteiger partial charge in [0.25, 0.3) is 0 Å². The lowest BCUT2D eigenvalue weighted by Gasteiger charge is -2.20. The Balaban J connectivity index is 1.40. The summed E-state index contributed by atoms with van der Waals surface area (Å²) in [6.45, 7) is 2.80. The summed E-state index contributed by atoms with van der Waals surface area (Å²) in [6, 6.07) is 12.9. The second kappa shape index (κ2) is 7.23. The monoisotopic (exact) mass is 336 g/mol. The zero-order chi connectivity index (χ0) is 17.1. The van der Waals surface area contributed by atoms with Crippen LogP contribution < -0.4 is 5.32 Å². The minimum absolute atomic E-state index is 0.518. The van der Waals surface area contributed by atoms with Gasteiger partial charge in [0.2, 0.25) is 0 Å². The molecule has 0 spiro atoms. The molecule has 130 valence electrons. The zero-order valence-electron chi connectivity index (χ0n) is 14.5. The van der Waals surface area contributed by atoms with Gasteiger partial charge in [0, 0.05) is 30.6 Å². The van der Waals surface area contributed by atoms with E-state index in [0.29, 0.717) is 12.0 Å². The molecule has 4 rings (SSSR count). The normalized spacial score (nSPS) is 20.2. The number of aryl methyl sites for hydroxylation is 1. The number of H-pyrrole nitrogens is 1. The molecule has 5 nitrogen and oxygen atoms in total. The van der Waals surface area contributed by atoms with Gasteiger partial charge < -0.3 is 9.84 Å². The average Bonchev–Trinajstić information content (AvgIpc) is 3.36. The van der Waals surface area contributed by atoms with E-state index in [-0.39, 0.29) is 0 Å². The van der Waals surface area contributed by atoms with Crippen LogP contribution in [0.1, 0.15) is 36.3 Å². The van der Waals surface area contributed by atoms with E-state index in [4.69, 9.17) is 4.52 Å². The van der Waals surface area contributed by atoms with Gasteiger partial charge in [0.05, 0.1) is 17.6 Å². The quantitative estimate of drug-likeness (QED) is 0.717. The number of aromatic amines is 1. The van der Waals surface area contributed by atoms with Crippen molar-refractivity contribution >= 4 is 0 Å². The fourth-order valence-electron chi connectivity index (χ4n) is 3.86. The van der Waals surface area contributed by atoms with E-state index in [0.717, 1.165) is 30.1 Å². The highest BCUT2D eigenvalue weighted by atomic mass is 16.5. The number of hydrogen-bond donors (Lipinski definition) is 2. The molecule has 0 radical (unpaired) electrons. The molecule has 2 atom stereocenters. The van der Waals surface area contributed by atoms with Crippen LogP contribution in [0, 0.1) is 12.8 Å². The van der Waals surface area contributed by atoms with Crippen molar-refractivity contribution in [3.05, 3.63) is 59.6 Å². The van der Waals surface area contributed by atoms with Gasteiger partial charge in [0.15, 0.2) is 0 Å². The van der Waals surface area contributed by atoms with Gasteiger partial charge in [-0.15, -0.1) is 0 Å². The van der Waals surface area contributed by atoms with Crippen molar-refractivity contribution in [1.29, 1.82) is 0 Å². The minimum atomic E-state index is 0.518. The Morgan fingerprint density at radius 1 is 1.24 bits per heavy atom. The lowest BCUT2D eigenvalue weighted by molar-refractivity contribution is 0.329. The highest BCUT2D eigenvalue weighted by Crippen LogP contribution is 2.30. The molecule has 0 saturated heterocycles. The number of nitrogens with zero attached hydrogens (tertiary/aromatic N) is 2. The Bertz CT molecular complexity index is 808. The number of nitrogens with one attached hydrogen (secondary N) is 2. The van der Waals surface area contributed by atoms with Crippen LogP contribution >= 0.6 is 0 Å². The van der Waals surface area contributed by atoms with Crippen LogP contribution in [0.2, 0.25) is 0 Å². The molecule has 3 aromatic rings. The maximum Gasteiger partial charge on any atom is 0.137 e. The molecule has 1 aliphatic rings. The molecule has 1 saturated carbocycles. The third-order valence-electron chi connectivity index (χ3n) is 5.13. The molecule has 2 heterocycles. The Kier molecular flexibility index (Phi) is 4.65. The molecule has 1 aromatic carbocycles. The number of rotatable bonds is 6. The summed E-state index contributed by atoms with van der Waals surface area (Å²) in [6.07, 6.45) is 6.63. The Labute approximate surface area is 147 Å². The molecule has 1 aliphatic carbocycles. The highest BCUT2D eigenvalue weighted by molar-refractivity contribution is 5.62. The van der Waals surface area contributed by atoms with Crippen LogP contribution in [0.15, 0.2) is 47.1 Å². The topological polar surface area (TPSA) is 66.7 Å². The molecule has 2 N–H and O–H groups in total. The molecule has 0 amide bonds. The minimum Gasteiger partial charge on any atom is -0.361 e. The lowest BCUT2D eigenvalue weighted by atomic mass is 9.97. The zero-order valence-corrected chi connectivity index (χ0v) is 14.5. The van der Waals surface area contributed by atoms with Crippen LogP contribution in [0.5, 0.6) is 0 Å². The van der Waals surface area contributed by atoms with Gasteiger partial charge in [-0.2, -0.15) is 5.10 Å². The predicted octanol–water partition coefficient (Wildman–Crippen LogP) is 3.87. The van der Waals surface area contributed by atoms with Crippen LogP contribution in [0.3, 0.4) is 0 Å². The van der Waals surface area contributed by atoms with E-state index in [1.165, 1.54) is 30.4 Å². The van der Waals surface area contributed by atoms with E-state index in [2.05, 4.69) is 51.0 Å². The number of hydrogen-bond acceptors (Lipinski definition) is 4. The molecule has 0 aliphatic heterocycles. The molecular formula is C20H24N4O. The maximum atomic E-state index is 5.41. The largest absolute Gasteiger partial charge is 0.361 e. The fraction of sp³-hybridized carbons (Fsp3) is 0.400. The molecular weight excluding hydrogens is 312 g/mol. The molecule has 0 bridgehead atoms. The smallest absolute Gasteiger partial charge is 0.137 e. The van der Waals surface area contributed by atoms with E-state index < -0.39 is 0 Å². The fourth-order valence-corrected chi connectivity index (χ4v) is 3.86. The molecule has 2 aromatic heterocycles. The second-order valence-corrected chi connectivity index (χ2v) is 6.95. The third kappa shape index (κ3) is 3.66. The number of benzene rings is 1. The summed E-state index contributed by atoms with van der Waals surface area (Å²) >= 11 is 0. The van der Waals surface area contributed by atoms with Gasteiger partial charge in [-0.25, -0.2) is 0 Å². The summed E-state index contributed by atoms with van der Waals surface area (Å²) < 4.78 is 5.41. The predicted molar refractivity (Wildman–Crippen MR) is 96.9 cm³/mol. The first-order valence-corrected chi connectivity index (χ1v) is 9.03.